The molecule has 0 bridgehead atoms. The van der Waals surface area contributed by atoms with Crippen LogP contribution in [0, 0.1) is 11.8 Å². The number of anilines is 1. The van der Waals surface area contributed by atoms with Crippen LogP contribution in [0.5, 0.6) is 0 Å². The fraction of sp³-hybridized carbons (Fsp3) is 0.438. The van der Waals surface area contributed by atoms with Crippen LogP contribution >= 0.6 is 11.8 Å². The van der Waals surface area contributed by atoms with Crippen LogP contribution in [0.3, 0.4) is 0 Å². The lowest BCUT2D eigenvalue weighted by Gasteiger charge is -2.34. The van der Waals surface area contributed by atoms with Crippen molar-refractivity contribution < 1.29 is 4.79 Å². The lowest BCUT2D eigenvalue weighted by molar-refractivity contribution is -0.109. The van der Waals surface area contributed by atoms with Crippen LogP contribution < -0.4 is 4.90 Å². The van der Waals surface area contributed by atoms with Gasteiger partial charge in [-0.05, 0) is 31.3 Å². The van der Waals surface area contributed by atoms with E-state index in [2.05, 4.69) is 53.0 Å². The Kier molecular flexibility index (Phi) is 5.51. The molecule has 0 aromatic heterocycles. The second-order valence-electron chi connectivity index (χ2n) is 4.92. The monoisotopic (exact) mass is 288 g/mol. The van der Waals surface area contributed by atoms with Crippen LogP contribution in [-0.2, 0) is 4.79 Å². The standard InChI is InChI=1S/C16H20N2OS/c1-14(19)20-13-3-4-15-5-7-16(8-6-15)18-11-9-17(2)10-12-18/h5-8H,9-13H2,1-2H3. The summed E-state index contributed by atoms with van der Waals surface area (Å²) in [5.41, 5.74) is 2.27. The molecule has 1 aliphatic rings. The van der Waals surface area contributed by atoms with Crippen molar-refractivity contribution in [1.29, 1.82) is 0 Å². The molecule has 0 aliphatic carbocycles. The molecule has 106 valence electrons. The minimum atomic E-state index is 0.115. The number of hydrogen-bond donors (Lipinski definition) is 0. The van der Waals surface area contributed by atoms with Gasteiger partial charge in [-0.2, -0.15) is 0 Å². The zero-order chi connectivity index (χ0) is 14.4. The van der Waals surface area contributed by atoms with Gasteiger partial charge in [0.25, 0.3) is 0 Å². The lowest BCUT2D eigenvalue weighted by atomic mass is 10.2. The van der Waals surface area contributed by atoms with Gasteiger partial charge in [-0.15, -0.1) is 0 Å². The largest absolute Gasteiger partial charge is 0.369 e. The van der Waals surface area contributed by atoms with E-state index in [0.29, 0.717) is 5.75 Å². The second-order valence-corrected chi connectivity index (χ2v) is 6.07. The molecular weight excluding hydrogens is 268 g/mol. The third-order valence-electron chi connectivity index (χ3n) is 3.32. The van der Waals surface area contributed by atoms with Crippen molar-refractivity contribution in [3.63, 3.8) is 0 Å². The topological polar surface area (TPSA) is 23.6 Å². The van der Waals surface area contributed by atoms with Crippen LogP contribution in [0.15, 0.2) is 24.3 Å². The first kappa shape index (κ1) is 15.0. The normalized spacial score (nSPS) is 15.6. The molecule has 4 heteroatoms. The molecule has 3 nitrogen and oxygen atoms in total. The van der Waals surface area contributed by atoms with Gasteiger partial charge in [0.1, 0.15) is 0 Å². The van der Waals surface area contributed by atoms with Crippen molar-refractivity contribution >= 4 is 22.6 Å². The van der Waals surface area contributed by atoms with Gasteiger partial charge in [0.05, 0.1) is 5.75 Å². The van der Waals surface area contributed by atoms with Crippen LogP contribution in [0.25, 0.3) is 0 Å². The maximum atomic E-state index is 10.8. The molecule has 0 radical (unpaired) electrons. The molecule has 0 atom stereocenters. The van der Waals surface area contributed by atoms with Crippen molar-refractivity contribution in [3.8, 4) is 11.8 Å². The summed E-state index contributed by atoms with van der Waals surface area (Å²) in [7, 11) is 2.16. The molecule has 1 aromatic carbocycles. The Bertz CT molecular complexity index is 508. The van der Waals surface area contributed by atoms with Crippen LogP contribution in [0.4, 0.5) is 5.69 Å². The van der Waals surface area contributed by atoms with Gasteiger partial charge in [0, 0.05) is 44.4 Å². The third-order valence-corrected chi connectivity index (χ3v) is 4.01. The smallest absolute Gasteiger partial charge is 0.186 e. The van der Waals surface area contributed by atoms with E-state index in [1.165, 1.54) is 17.4 Å². The Morgan fingerprint density at radius 1 is 1.20 bits per heavy atom. The van der Waals surface area contributed by atoms with Crippen molar-refractivity contribution in [3.05, 3.63) is 29.8 Å². The second kappa shape index (κ2) is 7.37. The summed E-state index contributed by atoms with van der Waals surface area (Å²) in [6, 6.07) is 8.37. The number of hydrogen-bond acceptors (Lipinski definition) is 4. The van der Waals surface area contributed by atoms with Crippen molar-refractivity contribution in [2.24, 2.45) is 0 Å². The number of rotatable bonds is 2. The van der Waals surface area contributed by atoms with E-state index in [1.54, 1.807) is 6.92 Å². The zero-order valence-corrected chi connectivity index (χ0v) is 12.9. The number of nitrogens with zero attached hydrogens (tertiary/aromatic N) is 2. The van der Waals surface area contributed by atoms with E-state index >= 15 is 0 Å². The summed E-state index contributed by atoms with van der Waals surface area (Å²) < 4.78 is 0. The Morgan fingerprint density at radius 2 is 1.85 bits per heavy atom. The molecule has 1 aromatic rings. The maximum absolute atomic E-state index is 10.8. The van der Waals surface area contributed by atoms with Gasteiger partial charge in [-0.1, -0.05) is 23.6 Å². The van der Waals surface area contributed by atoms with Gasteiger partial charge in [0.2, 0.25) is 0 Å². The summed E-state index contributed by atoms with van der Waals surface area (Å²) in [4.78, 5) is 15.5. The van der Waals surface area contributed by atoms with E-state index in [4.69, 9.17) is 0 Å². The molecule has 20 heavy (non-hydrogen) atoms. The molecule has 0 unspecified atom stereocenters. The highest BCUT2D eigenvalue weighted by molar-refractivity contribution is 8.13. The fourth-order valence-corrected chi connectivity index (χ4v) is 2.44. The molecule has 0 saturated carbocycles. The predicted octanol–water partition coefficient (Wildman–Crippen LogP) is 2.07. The first-order valence-corrected chi connectivity index (χ1v) is 7.79. The Morgan fingerprint density at radius 3 is 2.45 bits per heavy atom. The van der Waals surface area contributed by atoms with Gasteiger partial charge in [0.15, 0.2) is 5.12 Å². The van der Waals surface area contributed by atoms with Crippen LogP contribution in [0.2, 0.25) is 0 Å². The van der Waals surface area contributed by atoms with Gasteiger partial charge in [-0.25, -0.2) is 0 Å². The number of carbonyl (C=O) groups excluding carboxylic acids is 1. The van der Waals surface area contributed by atoms with E-state index < -0.39 is 0 Å². The first-order valence-electron chi connectivity index (χ1n) is 6.81. The summed E-state index contributed by atoms with van der Waals surface area (Å²) in [6.07, 6.45) is 0. The van der Waals surface area contributed by atoms with Crippen molar-refractivity contribution in [2.75, 3.05) is 43.9 Å². The quantitative estimate of drug-likeness (QED) is 0.777. The molecule has 2 rings (SSSR count). The highest BCUT2D eigenvalue weighted by Gasteiger charge is 2.13. The highest BCUT2D eigenvalue weighted by Crippen LogP contribution is 2.16. The maximum Gasteiger partial charge on any atom is 0.186 e. The fourth-order valence-electron chi connectivity index (χ4n) is 2.10. The summed E-state index contributed by atoms with van der Waals surface area (Å²) in [6.45, 7) is 5.96. The molecule has 1 saturated heterocycles. The zero-order valence-electron chi connectivity index (χ0n) is 12.1. The van der Waals surface area contributed by atoms with Gasteiger partial charge >= 0.3 is 0 Å². The van der Waals surface area contributed by atoms with E-state index in [-0.39, 0.29) is 5.12 Å². The SMILES string of the molecule is CC(=O)SCC#Cc1ccc(N2CCN(C)CC2)cc1. The summed E-state index contributed by atoms with van der Waals surface area (Å²) >= 11 is 1.25. The molecule has 0 spiro atoms. The molecule has 0 N–H and O–H groups in total. The van der Waals surface area contributed by atoms with Crippen molar-refractivity contribution in [2.45, 2.75) is 6.92 Å². The van der Waals surface area contributed by atoms with Gasteiger partial charge < -0.3 is 9.80 Å². The number of benzene rings is 1. The van der Waals surface area contributed by atoms with Crippen LogP contribution in [0.1, 0.15) is 12.5 Å². The summed E-state index contributed by atoms with van der Waals surface area (Å²) in [5, 5.41) is 0.115. The predicted molar refractivity (Wildman–Crippen MR) is 86.2 cm³/mol. The van der Waals surface area contributed by atoms with E-state index in [0.717, 1.165) is 31.7 Å². The van der Waals surface area contributed by atoms with Crippen molar-refractivity contribution in [1.82, 2.24) is 4.90 Å². The van der Waals surface area contributed by atoms with E-state index in [1.807, 2.05) is 0 Å². The third kappa shape index (κ3) is 4.59. The van der Waals surface area contributed by atoms with E-state index in [9.17, 15) is 4.79 Å². The number of thioether (sulfide) groups is 1. The average Bonchev–Trinajstić information content (AvgIpc) is 2.45. The molecule has 1 aliphatic heterocycles. The Hall–Kier alpha value is -1.44. The molecule has 1 heterocycles. The number of likely N-dealkylation sites (N-methyl/N-ethyl adjacent to an activating group) is 1. The van der Waals surface area contributed by atoms with Crippen LogP contribution in [-0.4, -0.2) is 49.0 Å². The first-order chi connectivity index (χ1) is 9.65. The number of carbonyl (C=O) groups is 1. The Labute approximate surface area is 125 Å². The molecule has 0 amide bonds. The lowest BCUT2D eigenvalue weighted by Crippen LogP contribution is -2.44. The number of piperazine rings is 1. The van der Waals surface area contributed by atoms with Gasteiger partial charge in [-0.3, -0.25) is 4.79 Å². The average molecular weight is 288 g/mol. The highest BCUT2D eigenvalue weighted by atomic mass is 32.2. The summed E-state index contributed by atoms with van der Waals surface area (Å²) in [5.74, 6) is 6.66. The molecular formula is C16H20N2OS. The molecule has 1 fully saturated rings. The minimum Gasteiger partial charge on any atom is -0.369 e. The Balaban J connectivity index is 1.91. The minimum absolute atomic E-state index is 0.115.